The van der Waals surface area contributed by atoms with Crippen LogP contribution in [0.3, 0.4) is 0 Å². The Morgan fingerprint density at radius 3 is 2.89 bits per heavy atom. The summed E-state index contributed by atoms with van der Waals surface area (Å²) >= 11 is 1.80. The molecule has 0 bridgehead atoms. The van der Waals surface area contributed by atoms with Crippen molar-refractivity contribution in [3.63, 3.8) is 0 Å². The third kappa shape index (κ3) is 5.47. The molecule has 1 aromatic carbocycles. The monoisotopic (exact) mass is 402 g/mol. The number of aliphatic imine (C=N–C) groups is 1. The van der Waals surface area contributed by atoms with Crippen LogP contribution in [-0.2, 0) is 11.3 Å². The van der Waals surface area contributed by atoms with Gasteiger partial charge in [-0.3, -0.25) is 9.89 Å². The number of guanidine groups is 1. The molecule has 1 aliphatic rings. The molecular formula is C21H30N4O2S. The van der Waals surface area contributed by atoms with Crippen molar-refractivity contribution in [2.75, 3.05) is 40.4 Å². The number of benzene rings is 1. The van der Waals surface area contributed by atoms with E-state index in [0.29, 0.717) is 12.6 Å². The predicted molar refractivity (Wildman–Crippen MR) is 115 cm³/mol. The van der Waals surface area contributed by atoms with Crippen LogP contribution < -0.4 is 15.4 Å². The molecule has 0 aliphatic carbocycles. The Labute approximate surface area is 171 Å². The van der Waals surface area contributed by atoms with Gasteiger partial charge < -0.3 is 20.1 Å². The molecule has 2 unspecified atom stereocenters. The van der Waals surface area contributed by atoms with Gasteiger partial charge in [0, 0.05) is 43.7 Å². The minimum atomic E-state index is 0.263. The number of morpholine rings is 1. The van der Waals surface area contributed by atoms with Gasteiger partial charge in [0.2, 0.25) is 0 Å². The number of methoxy groups -OCH3 is 1. The molecule has 2 N–H and O–H groups in total. The molecule has 1 aliphatic heterocycles. The molecular weight excluding hydrogens is 372 g/mol. The fourth-order valence-electron chi connectivity index (χ4n) is 3.46. The second-order valence-electron chi connectivity index (χ2n) is 6.83. The van der Waals surface area contributed by atoms with Crippen LogP contribution >= 0.6 is 11.3 Å². The van der Waals surface area contributed by atoms with Gasteiger partial charge in [0.1, 0.15) is 5.75 Å². The summed E-state index contributed by atoms with van der Waals surface area (Å²) < 4.78 is 11.2. The topological polar surface area (TPSA) is 58.1 Å². The zero-order chi connectivity index (χ0) is 19.8. The van der Waals surface area contributed by atoms with E-state index in [1.54, 1.807) is 25.5 Å². The number of ether oxygens (including phenoxy) is 2. The van der Waals surface area contributed by atoms with Crippen LogP contribution in [-0.4, -0.2) is 57.4 Å². The third-order valence-electron chi connectivity index (χ3n) is 4.91. The summed E-state index contributed by atoms with van der Waals surface area (Å²) in [4.78, 5) is 8.25. The first-order valence-electron chi connectivity index (χ1n) is 9.66. The van der Waals surface area contributed by atoms with Crippen molar-refractivity contribution >= 4 is 17.3 Å². The molecule has 1 saturated heterocycles. The molecule has 28 heavy (non-hydrogen) atoms. The lowest BCUT2D eigenvalue weighted by molar-refractivity contribution is -0.0334. The van der Waals surface area contributed by atoms with Gasteiger partial charge in [0.15, 0.2) is 5.96 Å². The Morgan fingerprint density at radius 2 is 2.18 bits per heavy atom. The maximum absolute atomic E-state index is 5.73. The Morgan fingerprint density at radius 1 is 1.32 bits per heavy atom. The lowest BCUT2D eigenvalue weighted by Gasteiger charge is -2.37. The van der Waals surface area contributed by atoms with E-state index in [1.807, 2.05) is 18.2 Å². The SMILES string of the molecule is CN=C(NCc1ccccc1OC)NCC(c1cccs1)N1CCOC(C)C1. The molecule has 0 radical (unpaired) electrons. The van der Waals surface area contributed by atoms with E-state index in [9.17, 15) is 0 Å². The molecule has 7 heteroatoms. The van der Waals surface area contributed by atoms with Gasteiger partial charge >= 0.3 is 0 Å². The molecule has 2 atom stereocenters. The molecule has 0 spiro atoms. The van der Waals surface area contributed by atoms with E-state index in [-0.39, 0.29) is 6.10 Å². The number of rotatable bonds is 7. The first kappa shape index (κ1) is 20.6. The number of nitrogens with one attached hydrogen (secondary N) is 2. The highest BCUT2D eigenvalue weighted by Gasteiger charge is 2.26. The summed E-state index contributed by atoms with van der Waals surface area (Å²) in [6.07, 6.45) is 0.263. The van der Waals surface area contributed by atoms with Gasteiger partial charge in [-0.05, 0) is 24.4 Å². The van der Waals surface area contributed by atoms with Crippen molar-refractivity contribution < 1.29 is 9.47 Å². The number of nitrogens with zero attached hydrogens (tertiary/aromatic N) is 2. The van der Waals surface area contributed by atoms with Crippen LogP contribution in [0.25, 0.3) is 0 Å². The lowest BCUT2D eigenvalue weighted by atomic mass is 10.1. The Bertz CT molecular complexity index is 751. The largest absolute Gasteiger partial charge is 0.496 e. The van der Waals surface area contributed by atoms with Crippen LogP contribution in [0.2, 0.25) is 0 Å². The van der Waals surface area contributed by atoms with E-state index in [4.69, 9.17) is 9.47 Å². The van der Waals surface area contributed by atoms with Crippen molar-refractivity contribution in [2.24, 2.45) is 4.99 Å². The Balaban J connectivity index is 1.61. The molecule has 2 heterocycles. The molecule has 152 valence electrons. The van der Waals surface area contributed by atoms with Crippen LogP contribution in [0.4, 0.5) is 0 Å². The number of thiophene rings is 1. The smallest absolute Gasteiger partial charge is 0.191 e. The second-order valence-corrected chi connectivity index (χ2v) is 7.81. The van der Waals surface area contributed by atoms with E-state index in [2.05, 4.69) is 51.0 Å². The standard InChI is InChI=1S/C21H30N4O2S/c1-16-15-25(10-11-27-16)18(20-9-6-12-28-20)14-24-21(22-2)23-13-17-7-4-5-8-19(17)26-3/h4-9,12,16,18H,10-11,13-15H2,1-3H3,(H2,22,23,24). The zero-order valence-corrected chi connectivity index (χ0v) is 17.7. The maximum Gasteiger partial charge on any atom is 0.191 e. The normalized spacial score (nSPS) is 19.2. The molecule has 3 rings (SSSR count). The highest BCUT2D eigenvalue weighted by atomic mass is 32.1. The summed E-state index contributed by atoms with van der Waals surface area (Å²) in [7, 11) is 3.50. The molecule has 1 aromatic heterocycles. The molecule has 2 aromatic rings. The zero-order valence-electron chi connectivity index (χ0n) is 16.9. The molecule has 1 fully saturated rings. The van der Waals surface area contributed by atoms with Crippen molar-refractivity contribution in [3.05, 3.63) is 52.2 Å². The summed E-state index contributed by atoms with van der Waals surface area (Å²) in [5.41, 5.74) is 1.10. The highest BCUT2D eigenvalue weighted by molar-refractivity contribution is 7.10. The molecule has 0 saturated carbocycles. The van der Waals surface area contributed by atoms with Crippen molar-refractivity contribution in [1.82, 2.24) is 15.5 Å². The minimum absolute atomic E-state index is 0.263. The number of para-hydroxylation sites is 1. The van der Waals surface area contributed by atoms with Gasteiger partial charge in [0.25, 0.3) is 0 Å². The van der Waals surface area contributed by atoms with Crippen molar-refractivity contribution in [3.8, 4) is 5.75 Å². The predicted octanol–water partition coefficient (Wildman–Crippen LogP) is 2.88. The summed E-state index contributed by atoms with van der Waals surface area (Å²) in [6, 6.07) is 12.7. The maximum atomic E-state index is 5.73. The second kappa shape index (κ2) is 10.5. The Hall–Kier alpha value is -2.09. The van der Waals surface area contributed by atoms with Crippen molar-refractivity contribution in [1.29, 1.82) is 0 Å². The van der Waals surface area contributed by atoms with Gasteiger partial charge in [-0.15, -0.1) is 11.3 Å². The van der Waals surface area contributed by atoms with E-state index in [0.717, 1.165) is 43.5 Å². The molecule has 0 amide bonds. The average molecular weight is 403 g/mol. The van der Waals surface area contributed by atoms with E-state index >= 15 is 0 Å². The first-order chi connectivity index (χ1) is 13.7. The van der Waals surface area contributed by atoms with E-state index < -0.39 is 0 Å². The summed E-state index contributed by atoms with van der Waals surface area (Å²) in [5, 5.41) is 9.03. The number of hydrogen-bond donors (Lipinski definition) is 2. The Kier molecular flexibility index (Phi) is 7.71. The van der Waals surface area contributed by atoms with Crippen LogP contribution in [0.1, 0.15) is 23.4 Å². The average Bonchev–Trinajstić information content (AvgIpc) is 3.25. The number of hydrogen-bond acceptors (Lipinski definition) is 5. The van der Waals surface area contributed by atoms with Crippen LogP contribution in [0.15, 0.2) is 46.8 Å². The van der Waals surface area contributed by atoms with Crippen LogP contribution in [0, 0.1) is 0 Å². The van der Waals surface area contributed by atoms with Crippen LogP contribution in [0.5, 0.6) is 5.75 Å². The fraction of sp³-hybridized carbons (Fsp3) is 0.476. The third-order valence-corrected chi connectivity index (χ3v) is 5.88. The summed E-state index contributed by atoms with van der Waals surface area (Å²) in [5.74, 6) is 1.66. The fourth-order valence-corrected chi connectivity index (χ4v) is 4.32. The first-order valence-corrected chi connectivity index (χ1v) is 10.5. The van der Waals surface area contributed by atoms with Gasteiger partial charge in [0.05, 0.1) is 25.9 Å². The van der Waals surface area contributed by atoms with Gasteiger partial charge in [-0.1, -0.05) is 24.3 Å². The summed E-state index contributed by atoms with van der Waals surface area (Å²) in [6.45, 7) is 6.25. The lowest BCUT2D eigenvalue weighted by Crippen LogP contribution is -2.47. The minimum Gasteiger partial charge on any atom is -0.496 e. The molecule has 6 nitrogen and oxygen atoms in total. The van der Waals surface area contributed by atoms with E-state index in [1.165, 1.54) is 4.88 Å². The van der Waals surface area contributed by atoms with Gasteiger partial charge in [-0.25, -0.2) is 0 Å². The van der Waals surface area contributed by atoms with Gasteiger partial charge in [-0.2, -0.15) is 0 Å². The quantitative estimate of drug-likeness (QED) is 0.551. The highest BCUT2D eigenvalue weighted by Crippen LogP contribution is 2.26. The van der Waals surface area contributed by atoms with Crippen molar-refractivity contribution in [2.45, 2.75) is 25.6 Å².